The van der Waals surface area contributed by atoms with Crippen molar-refractivity contribution < 1.29 is 4.39 Å². The molecule has 0 fully saturated rings. The first kappa shape index (κ1) is 8.63. The number of hydrogen-bond donors (Lipinski definition) is 1. The van der Waals surface area contributed by atoms with E-state index in [9.17, 15) is 4.39 Å². The molecule has 0 aliphatic rings. The number of nitrogens with one attached hydrogen (secondary N) is 1. The molecule has 1 aromatic heterocycles. The zero-order valence-corrected chi connectivity index (χ0v) is 8.41. The van der Waals surface area contributed by atoms with Crippen LogP contribution < -0.4 is 0 Å². The van der Waals surface area contributed by atoms with Gasteiger partial charge in [0.2, 0.25) is 0 Å². The zero-order valence-electron chi connectivity index (χ0n) is 7.60. The van der Waals surface area contributed by atoms with Crippen molar-refractivity contribution in [3.63, 3.8) is 0 Å². The summed E-state index contributed by atoms with van der Waals surface area (Å²) in [5.74, 6) is -0.168. The van der Waals surface area contributed by atoms with Gasteiger partial charge in [-0.1, -0.05) is 0 Å². The maximum Gasteiger partial charge on any atom is 0.179 e. The minimum Gasteiger partial charge on any atom is -0.357 e. The van der Waals surface area contributed by atoms with Crippen LogP contribution in [0, 0.1) is 5.82 Å². The number of hydrogen-bond acceptors (Lipinski definition) is 0. The van der Waals surface area contributed by atoms with Gasteiger partial charge in [0.1, 0.15) is 18.3 Å². The largest absolute Gasteiger partial charge is 0.357 e. The molecule has 1 heterocycles. The Kier molecular flexibility index (Phi) is 2.04. The second-order valence-electron chi connectivity index (χ2n) is 3.16. The van der Waals surface area contributed by atoms with Gasteiger partial charge in [-0.2, -0.15) is 0 Å². The van der Waals surface area contributed by atoms with Gasteiger partial charge in [-0.15, -0.1) is 0 Å². The number of halogens is 1. The molecule has 0 atom stereocenters. The summed E-state index contributed by atoms with van der Waals surface area (Å²) < 4.78 is 12.9. The molecule has 0 amide bonds. The first-order valence-electron chi connectivity index (χ1n) is 4.02. The predicted molar refractivity (Wildman–Crippen MR) is 55.7 cm³/mol. The molecule has 68 valence electrons. The fourth-order valence-corrected chi connectivity index (χ4v) is 2.31. The quantitative estimate of drug-likeness (QED) is 0.675. The molecule has 3 heteroatoms. The predicted octanol–water partition coefficient (Wildman–Crippen LogP) is 2.54. The van der Waals surface area contributed by atoms with Gasteiger partial charge in [0.25, 0.3) is 0 Å². The van der Waals surface area contributed by atoms with Gasteiger partial charge in [-0.05, 0) is 18.2 Å². The Morgan fingerprint density at radius 2 is 2.08 bits per heavy atom. The van der Waals surface area contributed by atoms with Crippen LogP contribution in [0.15, 0.2) is 29.3 Å². The van der Waals surface area contributed by atoms with Crippen LogP contribution in [-0.2, 0) is 10.9 Å². The Morgan fingerprint density at radius 3 is 2.77 bits per heavy atom. The van der Waals surface area contributed by atoms with Gasteiger partial charge in [0.05, 0.1) is 17.1 Å². The van der Waals surface area contributed by atoms with Crippen LogP contribution >= 0.6 is 0 Å². The molecule has 1 nitrogen and oxygen atoms in total. The number of H-pyrrole nitrogens is 1. The summed E-state index contributed by atoms with van der Waals surface area (Å²) in [6, 6.07) is 4.85. The smallest absolute Gasteiger partial charge is 0.179 e. The van der Waals surface area contributed by atoms with E-state index in [1.54, 1.807) is 12.1 Å². The maximum atomic E-state index is 12.9. The van der Waals surface area contributed by atoms with Gasteiger partial charge in [0, 0.05) is 10.9 Å². The normalized spacial score (nSPS) is 11.4. The lowest BCUT2D eigenvalue weighted by Crippen LogP contribution is -1.93. The third-order valence-corrected chi connectivity index (χ3v) is 3.26. The summed E-state index contributed by atoms with van der Waals surface area (Å²) in [5.41, 5.74) is 1.01. The second-order valence-corrected chi connectivity index (χ2v) is 5.23. The van der Waals surface area contributed by atoms with Gasteiger partial charge in [0.15, 0.2) is 4.90 Å². The molecule has 0 aliphatic carbocycles. The van der Waals surface area contributed by atoms with Crippen LogP contribution in [0.5, 0.6) is 0 Å². The minimum atomic E-state index is -0.168. The van der Waals surface area contributed by atoms with E-state index >= 15 is 0 Å². The van der Waals surface area contributed by atoms with Crippen LogP contribution in [0.4, 0.5) is 4.39 Å². The van der Waals surface area contributed by atoms with Crippen LogP contribution in [0.25, 0.3) is 10.9 Å². The Bertz CT molecular complexity index is 433. The molecule has 2 aromatic rings. The van der Waals surface area contributed by atoms with Gasteiger partial charge in [-0.3, -0.25) is 0 Å². The number of rotatable bonds is 1. The van der Waals surface area contributed by atoms with Gasteiger partial charge < -0.3 is 4.98 Å². The molecule has 0 aliphatic heterocycles. The Balaban J connectivity index is 2.71. The number of aromatic nitrogens is 1. The van der Waals surface area contributed by atoms with Crippen molar-refractivity contribution in [2.75, 3.05) is 12.5 Å². The van der Waals surface area contributed by atoms with Crippen molar-refractivity contribution in [3.05, 3.63) is 30.2 Å². The number of benzene rings is 1. The van der Waals surface area contributed by atoms with E-state index < -0.39 is 0 Å². The van der Waals surface area contributed by atoms with Crippen LogP contribution in [0.2, 0.25) is 0 Å². The second kappa shape index (κ2) is 3.07. The zero-order chi connectivity index (χ0) is 9.42. The molecule has 13 heavy (non-hydrogen) atoms. The van der Waals surface area contributed by atoms with E-state index in [0.29, 0.717) is 0 Å². The number of fused-ring (bicyclic) bond motifs is 1. The summed E-state index contributed by atoms with van der Waals surface area (Å²) in [6.07, 6.45) is 6.23. The molecule has 2 rings (SSSR count). The minimum absolute atomic E-state index is 0.168. The molecule has 0 unspecified atom stereocenters. The molecular weight excluding hydrogens is 185 g/mol. The highest BCUT2D eigenvalue weighted by molar-refractivity contribution is 7.95. The highest BCUT2D eigenvalue weighted by Crippen LogP contribution is 2.23. The molecular formula is C10H11FNS+. The lowest BCUT2D eigenvalue weighted by atomic mass is 10.2. The van der Waals surface area contributed by atoms with Crippen molar-refractivity contribution in [1.29, 1.82) is 0 Å². The summed E-state index contributed by atoms with van der Waals surface area (Å²) in [4.78, 5) is 4.34. The van der Waals surface area contributed by atoms with Gasteiger partial charge >= 0.3 is 0 Å². The summed E-state index contributed by atoms with van der Waals surface area (Å²) in [7, 11) is 0.171. The van der Waals surface area contributed by atoms with Crippen LogP contribution in [-0.4, -0.2) is 17.5 Å². The van der Waals surface area contributed by atoms with Crippen molar-refractivity contribution in [1.82, 2.24) is 4.98 Å². The molecule has 1 N–H and O–H groups in total. The number of aromatic amines is 1. The van der Waals surface area contributed by atoms with Crippen molar-refractivity contribution in [3.8, 4) is 0 Å². The molecule has 0 saturated heterocycles. The topological polar surface area (TPSA) is 15.8 Å². The molecule has 0 bridgehead atoms. The first-order valence-corrected chi connectivity index (χ1v) is 6.07. The molecule has 0 saturated carbocycles. The van der Waals surface area contributed by atoms with E-state index in [-0.39, 0.29) is 16.7 Å². The SMILES string of the molecule is C[S+](C)c1c[nH]c2ccc(F)cc12. The lowest BCUT2D eigenvalue weighted by molar-refractivity contribution is 0.629. The summed E-state index contributed by atoms with van der Waals surface area (Å²) in [6.45, 7) is 0. The van der Waals surface area contributed by atoms with Crippen LogP contribution in [0.3, 0.4) is 0 Å². The van der Waals surface area contributed by atoms with E-state index in [0.717, 1.165) is 10.9 Å². The van der Waals surface area contributed by atoms with Crippen LogP contribution in [0.1, 0.15) is 0 Å². The fraction of sp³-hybridized carbons (Fsp3) is 0.200. The third kappa shape index (κ3) is 1.44. The van der Waals surface area contributed by atoms with Gasteiger partial charge in [-0.25, -0.2) is 4.39 Å². The monoisotopic (exact) mass is 196 g/mol. The van der Waals surface area contributed by atoms with E-state index in [1.807, 2.05) is 6.20 Å². The fourth-order valence-electron chi connectivity index (χ4n) is 1.41. The Labute approximate surface area is 79.3 Å². The maximum absolute atomic E-state index is 12.9. The molecule has 0 radical (unpaired) electrons. The summed E-state index contributed by atoms with van der Waals surface area (Å²) in [5, 5.41) is 1.01. The highest BCUT2D eigenvalue weighted by atomic mass is 32.2. The third-order valence-electron chi connectivity index (χ3n) is 2.05. The van der Waals surface area contributed by atoms with E-state index in [1.165, 1.54) is 11.0 Å². The van der Waals surface area contributed by atoms with Crippen molar-refractivity contribution in [2.45, 2.75) is 4.90 Å². The average molecular weight is 196 g/mol. The van der Waals surface area contributed by atoms with E-state index in [2.05, 4.69) is 17.5 Å². The first-order chi connectivity index (χ1) is 6.18. The molecule has 0 spiro atoms. The Morgan fingerprint density at radius 1 is 1.31 bits per heavy atom. The van der Waals surface area contributed by atoms with E-state index in [4.69, 9.17) is 0 Å². The lowest BCUT2D eigenvalue weighted by Gasteiger charge is -1.93. The summed E-state index contributed by atoms with van der Waals surface area (Å²) >= 11 is 0. The highest BCUT2D eigenvalue weighted by Gasteiger charge is 2.14. The van der Waals surface area contributed by atoms with Crippen molar-refractivity contribution in [2.24, 2.45) is 0 Å². The van der Waals surface area contributed by atoms with Crippen molar-refractivity contribution >= 4 is 21.8 Å². The Hall–Kier alpha value is -0.960. The molecule has 1 aromatic carbocycles. The average Bonchev–Trinajstić information content (AvgIpc) is 2.46. The standard InChI is InChI=1S/C10H11FNS/c1-13(2)10-6-12-9-4-3-7(11)5-8(9)10/h3-6,12H,1-2H3/q+1.